The summed E-state index contributed by atoms with van der Waals surface area (Å²) in [6.07, 6.45) is 1.54. The van der Waals surface area contributed by atoms with E-state index >= 15 is 0 Å². The van der Waals surface area contributed by atoms with Gasteiger partial charge in [-0.15, -0.1) is 11.3 Å². The Hall–Kier alpha value is -2.48. The summed E-state index contributed by atoms with van der Waals surface area (Å²) in [5.41, 5.74) is 0.820. The lowest BCUT2D eigenvalue weighted by molar-refractivity contribution is -0.138. The molecule has 1 saturated heterocycles. The average molecular weight is 395 g/mol. The number of hydrogen-bond donors (Lipinski definition) is 1. The van der Waals surface area contributed by atoms with E-state index < -0.39 is 12.6 Å². The number of carbonyl (C=O) groups is 2. The van der Waals surface area contributed by atoms with Crippen LogP contribution in [0.1, 0.15) is 28.9 Å². The Balaban J connectivity index is 1.62. The molecule has 0 spiro atoms. The van der Waals surface area contributed by atoms with Crippen LogP contribution in [0, 0.1) is 5.92 Å². The smallest absolute Gasteiger partial charge is 0.387 e. The van der Waals surface area contributed by atoms with E-state index in [1.807, 2.05) is 6.07 Å². The fourth-order valence-electron chi connectivity index (χ4n) is 3.15. The Bertz CT molecular complexity index is 798. The van der Waals surface area contributed by atoms with Crippen molar-refractivity contribution >= 4 is 23.2 Å². The maximum atomic E-state index is 12.7. The first-order valence-corrected chi connectivity index (χ1v) is 9.40. The zero-order valence-electron chi connectivity index (χ0n) is 14.4. The highest BCUT2D eigenvalue weighted by Gasteiger charge is 2.25. The molecule has 5 nitrogen and oxygen atoms in total. The van der Waals surface area contributed by atoms with Crippen molar-refractivity contribution in [3.63, 3.8) is 0 Å². The second-order valence-corrected chi connectivity index (χ2v) is 7.48. The van der Waals surface area contributed by atoms with Crippen LogP contribution in [0.2, 0.25) is 0 Å². The number of amides is 1. The Labute approximate surface area is 159 Å². The first-order chi connectivity index (χ1) is 12.9. The standard InChI is InChI=1S/C19H19F2NO4S/c20-19(21)26-14-3-1-13(2-4-14)15-5-6-16(27-15)18(25)22-9-7-12(8-10-22)11-17(23)24/h1-6,12,19H,7-11H2,(H,23,24). The molecule has 1 aromatic carbocycles. The Morgan fingerprint density at radius 3 is 2.41 bits per heavy atom. The molecule has 0 saturated carbocycles. The van der Waals surface area contributed by atoms with E-state index in [4.69, 9.17) is 5.11 Å². The largest absolute Gasteiger partial charge is 0.481 e. The quantitative estimate of drug-likeness (QED) is 0.790. The molecule has 2 aromatic rings. The van der Waals surface area contributed by atoms with Gasteiger partial charge in [0, 0.05) is 24.4 Å². The summed E-state index contributed by atoms with van der Waals surface area (Å²) in [7, 11) is 0. The number of carboxylic acid groups (broad SMARTS) is 1. The average Bonchev–Trinajstić information content (AvgIpc) is 3.11. The van der Waals surface area contributed by atoms with Crippen molar-refractivity contribution in [1.29, 1.82) is 0 Å². The van der Waals surface area contributed by atoms with Crippen LogP contribution in [-0.4, -0.2) is 41.6 Å². The van der Waals surface area contributed by atoms with Crippen LogP contribution in [0.25, 0.3) is 10.4 Å². The van der Waals surface area contributed by atoms with Crippen LogP contribution in [-0.2, 0) is 4.79 Å². The summed E-state index contributed by atoms with van der Waals surface area (Å²) in [6, 6.07) is 9.88. The molecule has 1 fully saturated rings. The molecule has 1 aliphatic heterocycles. The highest BCUT2D eigenvalue weighted by atomic mass is 32.1. The molecular weight excluding hydrogens is 376 g/mol. The first kappa shape index (κ1) is 19.3. The molecule has 0 bridgehead atoms. The van der Waals surface area contributed by atoms with Gasteiger partial charge in [0.05, 0.1) is 4.88 Å². The number of ether oxygens (including phenoxy) is 1. The predicted molar refractivity (Wildman–Crippen MR) is 97.3 cm³/mol. The van der Waals surface area contributed by atoms with Crippen molar-refractivity contribution in [3.05, 3.63) is 41.3 Å². The third-order valence-electron chi connectivity index (χ3n) is 4.55. The van der Waals surface area contributed by atoms with Crippen molar-refractivity contribution in [1.82, 2.24) is 4.90 Å². The van der Waals surface area contributed by atoms with Gasteiger partial charge >= 0.3 is 12.6 Å². The Morgan fingerprint density at radius 1 is 1.15 bits per heavy atom. The van der Waals surface area contributed by atoms with Gasteiger partial charge in [-0.3, -0.25) is 9.59 Å². The van der Waals surface area contributed by atoms with Gasteiger partial charge in [0.25, 0.3) is 5.91 Å². The predicted octanol–water partition coefficient (Wildman–Crippen LogP) is 4.34. The van der Waals surface area contributed by atoms with Crippen molar-refractivity contribution in [2.75, 3.05) is 13.1 Å². The lowest BCUT2D eigenvalue weighted by Gasteiger charge is -2.31. The number of halogens is 2. The Morgan fingerprint density at radius 2 is 1.81 bits per heavy atom. The van der Waals surface area contributed by atoms with Gasteiger partial charge in [-0.25, -0.2) is 0 Å². The molecule has 2 heterocycles. The lowest BCUT2D eigenvalue weighted by atomic mass is 9.93. The minimum absolute atomic E-state index is 0.0577. The minimum Gasteiger partial charge on any atom is -0.481 e. The zero-order chi connectivity index (χ0) is 19.4. The van der Waals surface area contributed by atoms with Crippen LogP contribution in [0.15, 0.2) is 36.4 Å². The number of likely N-dealkylation sites (tertiary alicyclic amines) is 1. The summed E-state index contributed by atoms with van der Waals surface area (Å²) in [5, 5.41) is 8.87. The van der Waals surface area contributed by atoms with E-state index in [9.17, 15) is 18.4 Å². The number of aliphatic carboxylic acids is 1. The van der Waals surface area contributed by atoms with Crippen LogP contribution in [0.3, 0.4) is 0 Å². The van der Waals surface area contributed by atoms with Gasteiger partial charge in [-0.05, 0) is 60.7 Å². The van der Waals surface area contributed by atoms with Crippen molar-refractivity contribution in [2.45, 2.75) is 25.9 Å². The summed E-state index contributed by atoms with van der Waals surface area (Å²) in [5.74, 6) is -0.643. The van der Waals surface area contributed by atoms with Gasteiger partial charge in [-0.2, -0.15) is 8.78 Å². The van der Waals surface area contributed by atoms with Crippen LogP contribution >= 0.6 is 11.3 Å². The zero-order valence-corrected chi connectivity index (χ0v) is 15.3. The molecule has 27 heavy (non-hydrogen) atoms. The third-order valence-corrected chi connectivity index (χ3v) is 5.67. The minimum atomic E-state index is -2.86. The maximum absolute atomic E-state index is 12.7. The Kier molecular flexibility index (Phi) is 6.05. The SMILES string of the molecule is O=C(O)CC1CCN(C(=O)c2ccc(-c3ccc(OC(F)F)cc3)s2)CC1. The van der Waals surface area contributed by atoms with Gasteiger partial charge in [0.2, 0.25) is 0 Å². The van der Waals surface area contributed by atoms with E-state index in [-0.39, 0.29) is 24.0 Å². The second kappa shape index (κ2) is 8.47. The molecule has 8 heteroatoms. The third kappa shape index (κ3) is 5.03. The normalized spacial score (nSPS) is 15.1. The fourth-order valence-corrected chi connectivity index (χ4v) is 4.13. The number of benzene rings is 1. The lowest BCUT2D eigenvalue weighted by Crippen LogP contribution is -2.38. The van der Waals surface area contributed by atoms with Crippen molar-refractivity contribution in [3.8, 4) is 16.2 Å². The van der Waals surface area contributed by atoms with E-state index in [0.717, 1.165) is 10.4 Å². The second-order valence-electron chi connectivity index (χ2n) is 6.40. The highest BCUT2D eigenvalue weighted by Crippen LogP contribution is 2.31. The van der Waals surface area contributed by atoms with E-state index in [1.54, 1.807) is 23.1 Å². The van der Waals surface area contributed by atoms with Crippen molar-refractivity contribution in [2.24, 2.45) is 5.92 Å². The van der Waals surface area contributed by atoms with Gasteiger partial charge in [0.15, 0.2) is 0 Å². The van der Waals surface area contributed by atoms with Gasteiger partial charge in [0.1, 0.15) is 5.75 Å². The molecule has 0 radical (unpaired) electrons. The number of piperidine rings is 1. The van der Waals surface area contributed by atoms with Crippen LogP contribution < -0.4 is 4.74 Å². The maximum Gasteiger partial charge on any atom is 0.387 e. The van der Waals surface area contributed by atoms with Crippen molar-refractivity contribution < 1.29 is 28.2 Å². The number of thiophene rings is 1. The summed E-state index contributed by atoms with van der Waals surface area (Å²) < 4.78 is 28.7. The van der Waals surface area contributed by atoms with Crippen LogP contribution in [0.4, 0.5) is 8.78 Å². The summed E-state index contributed by atoms with van der Waals surface area (Å²) in [4.78, 5) is 26.7. The molecule has 1 aliphatic rings. The van der Waals surface area contributed by atoms with Gasteiger partial charge in [-0.1, -0.05) is 0 Å². The molecule has 1 N–H and O–H groups in total. The molecule has 0 atom stereocenters. The summed E-state index contributed by atoms with van der Waals surface area (Å²) in [6.45, 7) is -1.74. The number of hydrogen-bond acceptors (Lipinski definition) is 4. The topological polar surface area (TPSA) is 66.8 Å². The van der Waals surface area contributed by atoms with E-state index in [2.05, 4.69) is 4.74 Å². The van der Waals surface area contributed by atoms with E-state index in [0.29, 0.717) is 30.8 Å². The number of carbonyl (C=O) groups excluding carboxylic acids is 1. The van der Waals surface area contributed by atoms with Gasteiger partial charge < -0.3 is 14.7 Å². The monoisotopic (exact) mass is 395 g/mol. The van der Waals surface area contributed by atoms with E-state index in [1.165, 1.54) is 23.5 Å². The number of alkyl halides is 2. The number of rotatable bonds is 6. The molecule has 1 aromatic heterocycles. The molecule has 0 unspecified atom stereocenters. The van der Waals surface area contributed by atoms with Crippen LogP contribution in [0.5, 0.6) is 5.75 Å². The molecule has 0 aliphatic carbocycles. The molecule has 144 valence electrons. The fraction of sp³-hybridized carbons (Fsp3) is 0.368. The highest BCUT2D eigenvalue weighted by molar-refractivity contribution is 7.17. The molecule has 3 rings (SSSR count). The summed E-state index contributed by atoms with van der Waals surface area (Å²) >= 11 is 1.34. The number of nitrogens with zero attached hydrogens (tertiary/aromatic N) is 1. The molecular formula is C19H19F2NO4S. The first-order valence-electron chi connectivity index (χ1n) is 8.58. The molecule has 1 amide bonds. The number of carboxylic acids is 1.